The lowest BCUT2D eigenvalue weighted by Crippen LogP contribution is -2.35. The highest BCUT2D eigenvalue weighted by Crippen LogP contribution is 2.25. The van der Waals surface area contributed by atoms with Crippen LogP contribution in [0.1, 0.15) is 30.4 Å². The number of para-hydroxylation sites is 1. The van der Waals surface area contributed by atoms with E-state index < -0.39 is 0 Å². The van der Waals surface area contributed by atoms with Crippen molar-refractivity contribution in [2.24, 2.45) is 0 Å². The fourth-order valence-corrected chi connectivity index (χ4v) is 3.34. The Balaban J connectivity index is 1.99. The van der Waals surface area contributed by atoms with E-state index in [1.807, 2.05) is 47.8 Å². The molecule has 0 saturated carbocycles. The quantitative estimate of drug-likeness (QED) is 0.661. The SMILES string of the molecule is CCCCN(CCO)C(=O)c1nc(-c2cccs2)n(-c2ccccc2)n1. The maximum Gasteiger partial charge on any atom is 0.293 e. The van der Waals surface area contributed by atoms with Crippen LogP contribution in [0.4, 0.5) is 0 Å². The number of thiophene rings is 1. The molecule has 0 fully saturated rings. The zero-order chi connectivity index (χ0) is 18.4. The van der Waals surface area contributed by atoms with Crippen LogP contribution in [-0.2, 0) is 0 Å². The van der Waals surface area contributed by atoms with Crippen LogP contribution in [0.15, 0.2) is 47.8 Å². The van der Waals surface area contributed by atoms with Gasteiger partial charge in [0.05, 0.1) is 17.2 Å². The van der Waals surface area contributed by atoms with Crippen LogP contribution in [-0.4, -0.2) is 50.4 Å². The molecule has 3 aromatic rings. The standard InChI is InChI=1S/C19H22N4O2S/c1-2-3-11-22(12-13-24)19(25)17-20-18(16-10-7-14-26-16)23(21-17)15-8-5-4-6-9-15/h4-10,14,24H,2-3,11-13H2,1H3. The molecule has 136 valence electrons. The Labute approximate surface area is 156 Å². The number of amides is 1. The normalized spacial score (nSPS) is 10.8. The lowest BCUT2D eigenvalue weighted by atomic mass is 10.3. The van der Waals surface area contributed by atoms with Gasteiger partial charge in [-0.15, -0.1) is 16.4 Å². The van der Waals surface area contributed by atoms with Crippen molar-refractivity contribution in [2.75, 3.05) is 19.7 Å². The highest BCUT2D eigenvalue weighted by atomic mass is 32.1. The summed E-state index contributed by atoms with van der Waals surface area (Å²) in [6.45, 7) is 2.86. The molecule has 1 aromatic carbocycles. The number of unbranched alkanes of at least 4 members (excludes halogenated alkanes) is 1. The molecular formula is C19H22N4O2S. The second kappa shape index (κ2) is 8.73. The minimum atomic E-state index is -0.250. The molecule has 26 heavy (non-hydrogen) atoms. The molecule has 0 aliphatic heterocycles. The summed E-state index contributed by atoms with van der Waals surface area (Å²) in [6.07, 6.45) is 1.85. The van der Waals surface area contributed by atoms with Crippen molar-refractivity contribution in [1.29, 1.82) is 0 Å². The van der Waals surface area contributed by atoms with E-state index in [4.69, 9.17) is 0 Å². The molecule has 6 nitrogen and oxygen atoms in total. The van der Waals surface area contributed by atoms with Gasteiger partial charge in [-0.3, -0.25) is 4.79 Å². The van der Waals surface area contributed by atoms with Gasteiger partial charge in [0.2, 0.25) is 5.82 Å². The lowest BCUT2D eigenvalue weighted by Gasteiger charge is -2.19. The summed E-state index contributed by atoms with van der Waals surface area (Å²) >= 11 is 1.55. The molecule has 0 bridgehead atoms. The van der Waals surface area contributed by atoms with Crippen LogP contribution in [0.25, 0.3) is 16.4 Å². The molecule has 3 rings (SSSR count). The highest BCUT2D eigenvalue weighted by Gasteiger charge is 2.23. The maximum absolute atomic E-state index is 12.9. The van der Waals surface area contributed by atoms with Crippen molar-refractivity contribution < 1.29 is 9.90 Å². The Hall–Kier alpha value is -2.51. The van der Waals surface area contributed by atoms with Gasteiger partial charge in [0.1, 0.15) is 0 Å². The molecule has 0 unspecified atom stereocenters. The van der Waals surface area contributed by atoms with Crippen LogP contribution in [0.5, 0.6) is 0 Å². The van der Waals surface area contributed by atoms with Gasteiger partial charge in [-0.05, 0) is 30.0 Å². The molecule has 0 radical (unpaired) electrons. The number of carbonyl (C=O) groups excluding carboxylic acids is 1. The number of rotatable bonds is 8. The molecule has 2 heterocycles. The predicted octanol–water partition coefficient (Wildman–Crippen LogP) is 3.23. The largest absolute Gasteiger partial charge is 0.395 e. The average molecular weight is 370 g/mol. The van der Waals surface area contributed by atoms with E-state index in [0.29, 0.717) is 12.4 Å². The van der Waals surface area contributed by atoms with Crippen LogP contribution >= 0.6 is 11.3 Å². The van der Waals surface area contributed by atoms with Gasteiger partial charge in [0.25, 0.3) is 5.91 Å². The first kappa shape index (κ1) is 18.3. The molecule has 2 aromatic heterocycles. The number of benzene rings is 1. The minimum absolute atomic E-state index is 0.0768. The van der Waals surface area contributed by atoms with Gasteiger partial charge in [-0.1, -0.05) is 37.6 Å². The third-order valence-electron chi connectivity index (χ3n) is 3.98. The lowest BCUT2D eigenvalue weighted by molar-refractivity contribution is 0.0707. The van der Waals surface area contributed by atoms with E-state index in [2.05, 4.69) is 17.0 Å². The molecule has 0 aliphatic carbocycles. The highest BCUT2D eigenvalue weighted by molar-refractivity contribution is 7.13. The molecule has 1 N–H and O–H groups in total. The van der Waals surface area contributed by atoms with E-state index in [9.17, 15) is 9.90 Å². The van der Waals surface area contributed by atoms with Crippen LogP contribution in [0.2, 0.25) is 0 Å². The monoisotopic (exact) mass is 370 g/mol. The minimum Gasteiger partial charge on any atom is -0.395 e. The van der Waals surface area contributed by atoms with Crippen molar-refractivity contribution in [3.63, 3.8) is 0 Å². The first-order valence-electron chi connectivity index (χ1n) is 8.71. The van der Waals surface area contributed by atoms with Crippen molar-refractivity contribution in [2.45, 2.75) is 19.8 Å². The summed E-state index contributed by atoms with van der Waals surface area (Å²) in [5, 5.41) is 15.7. The molecule has 1 amide bonds. The third-order valence-corrected chi connectivity index (χ3v) is 4.85. The van der Waals surface area contributed by atoms with Crippen LogP contribution in [0, 0.1) is 0 Å². The van der Waals surface area contributed by atoms with Crippen molar-refractivity contribution in [3.05, 3.63) is 53.7 Å². The summed E-state index contributed by atoms with van der Waals surface area (Å²) in [7, 11) is 0. The number of carbonyl (C=O) groups is 1. The number of hydrogen-bond acceptors (Lipinski definition) is 5. The summed E-state index contributed by atoms with van der Waals surface area (Å²) in [6, 6.07) is 13.6. The summed E-state index contributed by atoms with van der Waals surface area (Å²) < 4.78 is 1.70. The molecule has 0 atom stereocenters. The van der Waals surface area contributed by atoms with Crippen molar-refractivity contribution >= 4 is 17.2 Å². The van der Waals surface area contributed by atoms with Crippen LogP contribution < -0.4 is 0 Å². The number of aromatic nitrogens is 3. The zero-order valence-corrected chi connectivity index (χ0v) is 15.5. The van der Waals surface area contributed by atoms with Crippen molar-refractivity contribution in [3.8, 4) is 16.4 Å². The van der Waals surface area contributed by atoms with Gasteiger partial charge >= 0.3 is 0 Å². The Morgan fingerprint density at radius 1 is 1.19 bits per heavy atom. The Bertz CT molecular complexity index is 831. The number of aliphatic hydroxyl groups excluding tert-OH is 1. The summed E-state index contributed by atoms with van der Waals surface area (Å²) in [4.78, 5) is 20.0. The zero-order valence-electron chi connectivity index (χ0n) is 14.7. The van der Waals surface area contributed by atoms with Gasteiger partial charge in [0, 0.05) is 13.1 Å². The number of nitrogens with zero attached hydrogens (tertiary/aromatic N) is 4. The predicted molar refractivity (Wildman–Crippen MR) is 103 cm³/mol. The molecule has 7 heteroatoms. The van der Waals surface area contributed by atoms with E-state index in [-0.39, 0.29) is 24.9 Å². The Morgan fingerprint density at radius 2 is 2.00 bits per heavy atom. The van der Waals surface area contributed by atoms with E-state index in [1.54, 1.807) is 20.9 Å². The summed E-state index contributed by atoms with van der Waals surface area (Å²) in [5.74, 6) is 0.552. The fourth-order valence-electron chi connectivity index (χ4n) is 2.64. The molecule has 0 saturated heterocycles. The van der Waals surface area contributed by atoms with Gasteiger partial charge in [-0.25, -0.2) is 9.67 Å². The summed E-state index contributed by atoms with van der Waals surface area (Å²) in [5.41, 5.74) is 0.852. The number of aliphatic hydroxyl groups is 1. The first-order chi connectivity index (χ1) is 12.7. The van der Waals surface area contributed by atoms with Gasteiger partial charge < -0.3 is 10.0 Å². The van der Waals surface area contributed by atoms with E-state index in [1.165, 1.54) is 0 Å². The van der Waals surface area contributed by atoms with Crippen LogP contribution in [0.3, 0.4) is 0 Å². The Morgan fingerprint density at radius 3 is 2.65 bits per heavy atom. The maximum atomic E-state index is 12.9. The van der Waals surface area contributed by atoms with Gasteiger partial charge in [-0.2, -0.15) is 0 Å². The Kier molecular flexibility index (Phi) is 6.14. The smallest absolute Gasteiger partial charge is 0.293 e. The topological polar surface area (TPSA) is 71.2 Å². The molecule has 0 spiro atoms. The first-order valence-corrected chi connectivity index (χ1v) is 9.59. The second-order valence-electron chi connectivity index (χ2n) is 5.85. The molecule has 0 aliphatic rings. The van der Waals surface area contributed by atoms with Crippen molar-refractivity contribution in [1.82, 2.24) is 19.7 Å². The van der Waals surface area contributed by atoms with Gasteiger partial charge in [0.15, 0.2) is 5.82 Å². The van der Waals surface area contributed by atoms with E-state index in [0.717, 1.165) is 23.4 Å². The molecular weight excluding hydrogens is 348 g/mol. The average Bonchev–Trinajstić information content (AvgIpc) is 3.34. The number of hydrogen-bond donors (Lipinski definition) is 1. The fraction of sp³-hybridized carbons (Fsp3) is 0.316. The van der Waals surface area contributed by atoms with E-state index >= 15 is 0 Å². The third kappa shape index (κ3) is 4.00. The second-order valence-corrected chi connectivity index (χ2v) is 6.80.